The molecule has 0 rings (SSSR count). The third-order valence-electron chi connectivity index (χ3n) is 3.85. The average molecular weight is 309 g/mol. The van der Waals surface area contributed by atoms with Crippen LogP contribution in [0.25, 0.3) is 0 Å². The summed E-state index contributed by atoms with van der Waals surface area (Å²) in [6.45, 7) is -3.16. The van der Waals surface area contributed by atoms with Gasteiger partial charge in [-0.15, -0.1) is 0 Å². The summed E-state index contributed by atoms with van der Waals surface area (Å²) in [7, 11) is 0. The maximum Gasteiger partial charge on any atom is 0.0713 e. The van der Waals surface area contributed by atoms with Crippen molar-refractivity contribution in [2.45, 2.75) is 109 Å². The molecule has 0 radical (unpaired) electrons. The number of rotatable bonds is 16. The minimum atomic E-state index is -2.96. The molecule has 128 valence electrons. The number of hydrogen-bond donors (Lipinski definition) is 3. The van der Waals surface area contributed by atoms with E-state index in [1.165, 1.54) is 0 Å². The first-order valence-corrected chi connectivity index (χ1v) is 8.41. The van der Waals surface area contributed by atoms with Gasteiger partial charge in [0.15, 0.2) is 0 Å². The molecular weight excluding hydrogens is 262 g/mol. The van der Waals surface area contributed by atoms with Crippen LogP contribution in [-0.4, -0.2) is 29.0 Å². The molecule has 0 aliphatic carbocycles. The van der Waals surface area contributed by atoms with Gasteiger partial charge in [0.05, 0.1) is 18.8 Å². The van der Waals surface area contributed by atoms with E-state index in [9.17, 15) is 5.11 Å². The summed E-state index contributed by atoms with van der Waals surface area (Å²) in [4.78, 5) is 0. The first-order chi connectivity index (χ1) is 12.9. The number of nitrogens with two attached hydrogens (primary N) is 1. The molecule has 0 spiro atoms. The predicted octanol–water partition coefficient (Wildman–Crippen LogP) is 4.15. The molecule has 3 heteroatoms. The molecule has 0 bridgehead atoms. The molecule has 0 amide bonds. The lowest BCUT2D eigenvalue weighted by Crippen LogP contribution is -2.37. The molecule has 4 N–H and O–H groups in total. The zero-order valence-corrected chi connectivity index (χ0v) is 13.3. The van der Waals surface area contributed by atoms with Gasteiger partial charge in [-0.3, -0.25) is 0 Å². The third kappa shape index (κ3) is 14.6. The van der Waals surface area contributed by atoms with Gasteiger partial charge < -0.3 is 15.9 Å². The zero-order chi connectivity index (χ0) is 21.8. The van der Waals surface area contributed by atoms with Crippen molar-refractivity contribution >= 4 is 0 Å². The molecule has 0 aromatic heterocycles. The second-order valence-electron chi connectivity index (χ2n) is 5.79. The van der Waals surface area contributed by atoms with E-state index < -0.39 is 31.7 Å². The number of aliphatic hydroxyl groups excluding tert-OH is 2. The maximum atomic E-state index is 9.64. The fourth-order valence-corrected chi connectivity index (χ4v) is 2.38. The van der Waals surface area contributed by atoms with Gasteiger partial charge in [0.1, 0.15) is 0 Å². The highest BCUT2D eigenvalue weighted by Gasteiger charge is 2.12. The van der Waals surface area contributed by atoms with Gasteiger partial charge in [0, 0.05) is 9.60 Å². The summed E-state index contributed by atoms with van der Waals surface area (Å²) >= 11 is 0. The van der Waals surface area contributed by atoms with Gasteiger partial charge in [-0.2, -0.15) is 0 Å². The Bertz CT molecular complexity index is 406. The molecular formula is C18H39NO2. The van der Waals surface area contributed by atoms with E-state index in [1.807, 2.05) is 0 Å². The predicted molar refractivity (Wildman–Crippen MR) is 91.4 cm³/mol. The monoisotopic (exact) mass is 308 g/mol. The Labute approximate surface area is 142 Å². The fourth-order valence-electron chi connectivity index (χ4n) is 2.38. The fraction of sp³-hybridized carbons (Fsp3) is 1.00. The number of hydrogen-bond acceptors (Lipinski definition) is 3. The Morgan fingerprint density at radius 3 is 1.86 bits per heavy atom. The van der Waals surface area contributed by atoms with E-state index in [2.05, 4.69) is 0 Å². The van der Waals surface area contributed by atoms with Crippen molar-refractivity contribution < 1.29 is 19.8 Å². The topological polar surface area (TPSA) is 66.5 Å². The average Bonchev–Trinajstić information content (AvgIpc) is 2.60. The van der Waals surface area contributed by atoms with E-state index in [0.29, 0.717) is 12.8 Å². The quantitative estimate of drug-likeness (QED) is 0.375. The van der Waals surface area contributed by atoms with E-state index in [1.54, 1.807) is 0 Å². The van der Waals surface area contributed by atoms with Crippen LogP contribution in [0, 0.1) is 0 Å². The third-order valence-corrected chi connectivity index (χ3v) is 3.85. The van der Waals surface area contributed by atoms with Crippen LogP contribution in [-0.2, 0) is 0 Å². The Kier molecular flexibility index (Phi) is 8.84. The van der Waals surface area contributed by atoms with Crippen molar-refractivity contribution in [3.63, 3.8) is 0 Å². The summed E-state index contributed by atoms with van der Waals surface area (Å²) in [6.07, 6.45) is 4.36. The highest BCUT2D eigenvalue weighted by Crippen LogP contribution is 2.13. The SMILES string of the molecule is [2H]C([2H])([2H])C([2H])([2H])C([2H])([2H])CCCCCCCCCCCC[C@@H](O)[C@@H](N)CO. The Hall–Kier alpha value is -0.120. The largest absolute Gasteiger partial charge is 0.395 e. The summed E-state index contributed by atoms with van der Waals surface area (Å²) in [5.74, 6) is 0. The maximum absolute atomic E-state index is 9.64. The number of unbranched alkanes of at least 4 members (excludes halogenated alkanes) is 9. The summed E-state index contributed by atoms with van der Waals surface area (Å²) < 4.78 is 52.2. The van der Waals surface area contributed by atoms with Gasteiger partial charge in [-0.25, -0.2) is 0 Å². The lowest BCUT2D eigenvalue weighted by atomic mass is 10.0. The first-order valence-electron chi connectivity index (χ1n) is 11.9. The summed E-state index contributed by atoms with van der Waals surface area (Å²) in [5, 5.41) is 18.5. The Morgan fingerprint density at radius 1 is 0.905 bits per heavy atom. The highest BCUT2D eigenvalue weighted by molar-refractivity contribution is 4.70. The van der Waals surface area contributed by atoms with Crippen molar-refractivity contribution in [2.24, 2.45) is 5.73 Å². The second-order valence-corrected chi connectivity index (χ2v) is 5.79. The van der Waals surface area contributed by atoms with E-state index >= 15 is 0 Å². The Balaban J connectivity index is 3.63. The summed E-state index contributed by atoms with van der Waals surface area (Å²) in [6, 6.07) is -0.553. The lowest BCUT2D eigenvalue weighted by molar-refractivity contribution is 0.0990. The lowest BCUT2D eigenvalue weighted by Gasteiger charge is -2.15. The minimum absolute atomic E-state index is 0.0792. The molecule has 3 nitrogen and oxygen atoms in total. The molecule has 0 aromatic carbocycles. The van der Waals surface area contributed by atoms with Gasteiger partial charge >= 0.3 is 0 Å². The van der Waals surface area contributed by atoms with Crippen molar-refractivity contribution in [2.75, 3.05) is 6.61 Å². The summed E-state index contributed by atoms with van der Waals surface area (Å²) in [5.41, 5.74) is 5.55. The van der Waals surface area contributed by atoms with Gasteiger partial charge in [0.2, 0.25) is 0 Å². The first kappa shape index (κ1) is 11.4. The molecule has 0 aliphatic heterocycles. The highest BCUT2D eigenvalue weighted by atomic mass is 16.3. The van der Waals surface area contributed by atoms with Crippen LogP contribution in [0.5, 0.6) is 0 Å². The van der Waals surface area contributed by atoms with E-state index in [4.69, 9.17) is 20.4 Å². The standard InChI is InChI=1S/C18H39NO2/c1-2-3-4-5-6-7-8-9-10-11-12-13-14-15-18(21)17(19)16-20/h17-18,20-21H,2-16,19H2,1H3/t17-,18+/m0/s1/i1D3,2D2,3D2. The molecule has 0 fully saturated rings. The molecule has 0 saturated heterocycles. The van der Waals surface area contributed by atoms with Crippen LogP contribution in [0.2, 0.25) is 0 Å². The van der Waals surface area contributed by atoms with E-state index in [-0.39, 0.29) is 13.0 Å². The normalized spacial score (nSPS) is 21.2. The van der Waals surface area contributed by atoms with Crippen molar-refractivity contribution in [3.8, 4) is 0 Å². The number of aliphatic hydroxyl groups is 2. The van der Waals surface area contributed by atoms with Crippen LogP contribution < -0.4 is 5.73 Å². The molecule has 2 atom stereocenters. The van der Waals surface area contributed by atoms with Crippen LogP contribution in [0.1, 0.15) is 106 Å². The minimum Gasteiger partial charge on any atom is -0.395 e. The van der Waals surface area contributed by atoms with Crippen LogP contribution in [0.4, 0.5) is 0 Å². The molecule has 0 unspecified atom stereocenters. The second kappa shape index (κ2) is 16.3. The van der Waals surface area contributed by atoms with Crippen molar-refractivity contribution in [1.82, 2.24) is 0 Å². The van der Waals surface area contributed by atoms with Crippen LogP contribution in [0.15, 0.2) is 0 Å². The van der Waals surface area contributed by atoms with Crippen LogP contribution in [0.3, 0.4) is 0 Å². The van der Waals surface area contributed by atoms with E-state index in [0.717, 1.165) is 57.8 Å². The molecule has 0 aromatic rings. The van der Waals surface area contributed by atoms with Gasteiger partial charge in [0.25, 0.3) is 0 Å². The van der Waals surface area contributed by atoms with Gasteiger partial charge in [-0.05, 0) is 6.42 Å². The molecule has 0 heterocycles. The van der Waals surface area contributed by atoms with Crippen molar-refractivity contribution in [1.29, 1.82) is 0 Å². The molecule has 21 heavy (non-hydrogen) atoms. The molecule has 0 aliphatic rings. The smallest absolute Gasteiger partial charge is 0.0713 e. The zero-order valence-electron chi connectivity index (χ0n) is 20.3. The molecule has 0 saturated carbocycles. The Morgan fingerprint density at radius 2 is 1.38 bits per heavy atom. The van der Waals surface area contributed by atoms with Crippen LogP contribution >= 0.6 is 0 Å². The van der Waals surface area contributed by atoms with Gasteiger partial charge in [-0.1, -0.05) is 90.2 Å². The van der Waals surface area contributed by atoms with Crippen molar-refractivity contribution in [3.05, 3.63) is 0 Å².